The third-order valence-corrected chi connectivity index (χ3v) is 5.77. The van der Waals surface area contributed by atoms with Crippen LogP contribution >= 0.6 is 11.3 Å². The molecular weight excluding hydrogens is 322 g/mol. The third-order valence-electron chi connectivity index (χ3n) is 3.16. The number of aliphatic carboxylic acids is 1. The van der Waals surface area contributed by atoms with Gasteiger partial charge in [0, 0.05) is 11.3 Å². The Morgan fingerprint density at radius 1 is 1.27 bits per heavy atom. The number of nitrogens with one attached hydrogen (secondary N) is 1. The second-order valence-electron chi connectivity index (χ2n) is 4.90. The van der Waals surface area contributed by atoms with Gasteiger partial charge in [-0.05, 0) is 42.5 Å². The Bertz CT molecular complexity index is 721. The highest BCUT2D eigenvalue weighted by atomic mass is 32.2. The van der Waals surface area contributed by atoms with Gasteiger partial charge in [0.15, 0.2) is 0 Å². The number of rotatable bonds is 7. The number of carbonyl (C=O) groups is 1. The van der Waals surface area contributed by atoms with Gasteiger partial charge < -0.3 is 5.11 Å². The van der Waals surface area contributed by atoms with E-state index in [4.69, 9.17) is 5.11 Å². The molecule has 7 heteroatoms. The van der Waals surface area contributed by atoms with E-state index in [9.17, 15) is 13.2 Å². The number of carboxylic acid groups (broad SMARTS) is 1. The summed E-state index contributed by atoms with van der Waals surface area (Å²) in [4.78, 5) is 11.6. The van der Waals surface area contributed by atoms with Crippen LogP contribution in [0.25, 0.3) is 0 Å². The summed E-state index contributed by atoms with van der Waals surface area (Å²) in [5, 5.41) is 10.5. The molecule has 22 heavy (non-hydrogen) atoms. The lowest BCUT2D eigenvalue weighted by atomic mass is 10.1. The van der Waals surface area contributed by atoms with Gasteiger partial charge in [-0.15, -0.1) is 11.3 Å². The van der Waals surface area contributed by atoms with Crippen LogP contribution in [0.4, 0.5) is 0 Å². The van der Waals surface area contributed by atoms with Crippen molar-refractivity contribution in [2.45, 2.75) is 30.7 Å². The normalized spacial score (nSPS) is 13.0. The molecule has 1 atom stereocenters. The number of hydrogen-bond acceptors (Lipinski definition) is 4. The first-order valence-electron chi connectivity index (χ1n) is 6.75. The fraction of sp³-hybridized carbons (Fsp3) is 0.267. The van der Waals surface area contributed by atoms with E-state index in [0.29, 0.717) is 6.42 Å². The first kappa shape index (κ1) is 16.7. The molecule has 0 bridgehead atoms. The van der Waals surface area contributed by atoms with Crippen molar-refractivity contribution in [1.82, 2.24) is 4.72 Å². The van der Waals surface area contributed by atoms with Crippen LogP contribution in [0.1, 0.15) is 29.8 Å². The molecule has 0 fully saturated rings. The number of aryl methyl sites for hydroxylation is 1. The predicted octanol–water partition coefficient (Wildman–Crippen LogP) is 2.80. The maximum atomic E-state index is 12.3. The zero-order valence-corrected chi connectivity index (χ0v) is 13.7. The lowest BCUT2D eigenvalue weighted by Crippen LogP contribution is -2.26. The van der Waals surface area contributed by atoms with Gasteiger partial charge in [0.05, 0.1) is 10.9 Å². The van der Waals surface area contributed by atoms with E-state index in [-0.39, 0.29) is 17.4 Å². The van der Waals surface area contributed by atoms with Gasteiger partial charge in [0.25, 0.3) is 0 Å². The van der Waals surface area contributed by atoms with Gasteiger partial charge in [-0.2, -0.15) is 0 Å². The van der Waals surface area contributed by atoms with Crippen LogP contribution in [0.5, 0.6) is 0 Å². The van der Waals surface area contributed by atoms with Crippen LogP contribution in [0, 0.1) is 0 Å². The predicted molar refractivity (Wildman–Crippen MR) is 85.5 cm³/mol. The molecule has 0 saturated heterocycles. The first-order valence-corrected chi connectivity index (χ1v) is 9.11. The molecule has 118 valence electrons. The van der Waals surface area contributed by atoms with Crippen LogP contribution in [-0.4, -0.2) is 19.5 Å². The first-order chi connectivity index (χ1) is 10.4. The highest BCUT2D eigenvalue weighted by molar-refractivity contribution is 7.89. The van der Waals surface area contributed by atoms with Gasteiger partial charge in [0.2, 0.25) is 10.0 Å². The summed E-state index contributed by atoms with van der Waals surface area (Å²) < 4.78 is 27.3. The van der Waals surface area contributed by atoms with Crippen molar-refractivity contribution in [2.75, 3.05) is 0 Å². The molecule has 0 amide bonds. The van der Waals surface area contributed by atoms with Gasteiger partial charge in [-0.25, -0.2) is 13.1 Å². The molecule has 1 aromatic carbocycles. The SMILES string of the molecule is C[C@H](NS(=O)(=O)c1ccc(CCC(=O)O)cc1)c1cccs1. The van der Waals surface area contributed by atoms with E-state index < -0.39 is 16.0 Å². The van der Waals surface area contributed by atoms with E-state index in [0.717, 1.165) is 10.4 Å². The van der Waals surface area contributed by atoms with Crippen LogP contribution in [0.15, 0.2) is 46.7 Å². The maximum absolute atomic E-state index is 12.3. The molecule has 2 aromatic rings. The molecule has 0 spiro atoms. The number of hydrogen-bond donors (Lipinski definition) is 2. The maximum Gasteiger partial charge on any atom is 0.303 e. The van der Waals surface area contributed by atoms with Crippen LogP contribution in [0.3, 0.4) is 0 Å². The van der Waals surface area contributed by atoms with Crippen molar-refractivity contribution in [1.29, 1.82) is 0 Å². The summed E-state index contributed by atoms with van der Waals surface area (Å²) in [6, 6.07) is 9.76. The minimum Gasteiger partial charge on any atom is -0.481 e. The largest absolute Gasteiger partial charge is 0.481 e. The van der Waals surface area contributed by atoms with E-state index in [1.807, 2.05) is 17.5 Å². The summed E-state index contributed by atoms with van der Waals surface area (Å²) in [7, 11) is -3.59. The smallest absolute Gasteiger partial charge is 0.303 e. The quantitative estimate of drug-likeness (QED) is 0.812. The third kappa shape index (κ3) is 4.40. The Labute approximate surface area is 133 Å². The summed E-state index contributed by atoms with van der Waals surface area (Å²) in [5.74, 6) is -0.872. The molecule has 0 unspecified atom stereocenters. The van der Waals surface area contributed by atoms with Gasteiger partial charge >= 0.3 is 5.97 Å². The second-order valence-corrected chi connectivity index (χ2v) is 7.59. The Kier molecular flexibility index (Phi) is 5.33. The van der Waals surface area contributed by atoms with Gasteiger partial charge in [0.1, 0.15) is 0 Å². The van der Waals surface area contributed by atoms with E-state index in [1.54, 1.807) is 19.1 Å². The molecule has 0 aliphatic heterocycles. The fourth-order valence-electron chi connectivity index (χ4n) is 1.98. The summed E-state index contributed by atoms with van der Waals surface area (Å²) in [5.41, 5.74) is 0.799. The van der Waals surface area contributed by atoms with E-state index in [2.05, 4.69) is 4.72 Å². The molecule has 0 aliphatic carbocycles. The van der Waals surface area contributed by atoms with Crippen molar-refractivity contribution in [3.63, 3.8) is 0 Å². The Hall–Kier alpha value is -1.70. The minimum atomic E-state index is -3.59. The van der Waals surface area contributed by atoms with Crippen LogP contribution in [0.2, 0.25) is 0 Å². The van der Waals surface area contributed by atoms with Crippen molar-refractivity contribution in [3.05, 3.63) is 52.2 Å². The molecule has 0 saturated carbocycles. The zero-order chi connectivity index (χ0) is 16.2. The van der Waals surface area contributed by atoms with Gasteiger partial charge in [-0.3, -0.25) is 4.79 Å². The molecule has 1 heterocycles. The van der Waals surface area contributed by atoms with Crippen molar-refractivity contribution in [3.8, 4) is 0 Å². The monoisotopic (exact) mass is 339 g/mol. The zero-order valence-electron chi connectivity index (χ0n) is 12.0. The highest BCUT2D eigenvalue weighted by Gasteiger charge is 2.18. The number of thiophene rings is 1. The topological polar surface area (TPSA) is 83.5 Å². The van der Waals surface area contributed by atoms with Crippen LogP contribution < -0.4 is 4.72 Å². The average molecular weight is 339 g/mol. The molecule has 0 aliphatic rings. The van der Waals surface area contributed by atoms with Gasteiger partial charge in [-0.1, -0.05) is 18.2 Å². The Balaban J connectivity index is 2.07. The second kappa shape index (κ2) is 7.04. The average Bonchev–Trinajstić information content (AvgIpc) is 2.99. The fourth-order valence-corrected chi connectivity index (χ4v) is 4.01. The lowest BCUT2D eigenvalue weighted by molar-refractivity contribution is -0.136. The van der Waals surface area contributed by atoms with Crippen LogP contribution in [-0.2, 0) is 21.2 Å². The molecular formula is C15H17NO4S2. The molecule has 5 nitrogen and oxygen atoms in total. The van der Waals surface area contributed by atoms with E-state index in [1.165, 1.54) is 23.5 Å². The van der Waals surface area contributed by atoms with Crippen molar-refractivity contribution >= 4 is 27.3 Å². The lowest BCUT2D eigenvalue weighted by Gasteiger charge is -2.13. The standard InChI is InChI=1S/C15H17NO4S2/c1-11(14-3-2-10-21-14)16-22(19,20)13-7-4-12(5-8-13)6-9-15(17)18/h2-5,7-8,10-11,16H,6,9H2,1H3,(H,17,18)/t11-/m0/s1. The summed E-state index contributed by atoms with van der Waals surface area (Å²) >= 11 is 1.50. The minimum absolute atomic E-state index is 0.0275. The van der Waals surface area contributed by atoms with E-state index >= 15 is 0 Å². The number of benzene rings is 1. The molecule has 1 aromatic heterocycles. The summed E-state index contributed by atoms with van der Waals surface area (Å²) in [6.07, 6.45) is 0.411. The highest BCUT2D eigenvalue weighted by Crippen LogP contribution is 2.21. The van der Waals surface area contributed by atoms with Crippen molar-refractivity contribution in [2.24, 2.45) is 0 Å². The number of carboxylic acids is 1. The summed E-state index contributed by atoms with van der Waals surface area (Å²) in [6.45, 7) is 1.80. The Morgan fingerprint density at radius 2 is 1.95 bits per heavy atom. The van der Waals surface area contributed by atoms with Crippen molar-refractivity contribution < 1.29 is 18.3 Å². The molecule has 0 radical (unpaired) electrons. The Morgan fingerprint density at radius 3 is 2.50 bits per heavy atom. The molecule has 2 rings (SSSR count). The molecule has 2 N–H and O–H groups in total. The number of sulfonamides is 1.